The molecule has 0 radical (unpaired) electrons. The molecule has 4 fully saturated rings. The molecule has 0 aromatic carbocycles. The van der Waals surface area contributed by atoms with E-state index in [9.17, 15) is 38.4 Å². The number of hydrogen-bond donors (Lipinski definition) is 0. The standard InChI is InChI=1S/C53H92N8O16/c1-49(2,3)74-45(66)58-25-17-54(18-26-58)41(62)13-33-70-37-53(38-71-34-14-42(63)55-19-27-59(28-20-55)46(67)75-50(4,5)6,39-72-35-15-43(64)56-21-29-60(30-22-56)47(68)76-51(7,8)9)40-73-36-16-44(65)57-23-31-61(32-24-57)48(69)77-52(10,11)12/h13-40H2,1-12H3. The Kier molecular flexibility index (Phi) is 24.3. The van der Waals surface area contributed by atoms with Crippen LogP contribution in [0.3, 0.4) is 0 Å². The lowest BCUT2D eigenvalue weighted by molar-refractivity contribution is -0.139. The minimum atomic E-state index is -1.05. The van der Waals surface area contributed by atoms with Crippen molar-refractivity contribution in [1.29, 1.82) is 0 Å². The highest BCUT2D eigenvalue weighted by Gasteiger charge is 2.36. The first kappa shape index (κ1) is 64.3. The molecule has 440 valence electrons. The zero-order valence-corrected chi connectivity index (χ0v) is 48.4. The van der Waals surface area contributed by atoms with Crippen LogP contribution in [-0.2, 0) is 57.1 Å². The molecule has 0 bridgehead atoms. The van der Waals surface area contributed by atoms with E-state index in [2.05, 4.69) is 0 Å². The summed E-state index contributed by atoms with van der Waals surface area (Å²) in [4.78, 5) is 117. The van der Waals surface area contributed by atoms with Crippen molar-refractivity contribution in [3.63, 3.8) is 0 Å². The Morgan fingerprint density at radius 1 is 0.273 bits per heavy atom. The Morgan fingerprint density at radius 3 is 0.584 bits per heavy atom. The van der Waals surface area contributed by atoms with Gasteiger partial charge in [0.25, 0.3) is 0 Å². The summed E-state index contributed by atoms with van der Waals surface area (Å²) in [5, 5.41) is 0. The summed E-state index contributed by atoms with van der Waals surface area (Å²) in [5.41, 5.74) is -3.62. The fourth-order valence-corrected chi connectivity index (χ4v) is 8.53. The van der Waals surface area contributed by atoms with Crippen molar-refractivity contribution in [3.8, 4) is 0 Å². The highest BCUT2D eigenvalue weighted by Crippen LogP contribution is 2.23. The number of nitrogens with zero attached hydrogens (tertiary/aromatic N) is 8. The lowest BCUT2D eigenvalue weighted by Gasteiger charge is -2.36. The molecule has 0 atom stereocenters. The Balaban J connectivity index is 1.41. The van der Waals surface area contributed by atoms with E-state index in [1.165, 1.54) is 0 Å². The molecule has 0 aliphatic carbocycles. The topological polar surface area (TPSA) is 236 Å². The van der Waals surface area contributed by atoms with Crippen LogP contribution in [0.2, 0.25) is 0 Å². The Bertz CT molecular complexity index is 1670. The number of rotatable bonds is 20. The van der Waals surface area contributed by atoms with Gasteiger partial charge in [0.15, 0.2) is 0 Å². The van der Waals surface area contributed by atoms with Gasteiger partial charge in [0.1, 0.15) is 22.4 Å². The van der Waals surface area contributed by atoms with E-state index in [1.54, 1.807) is 122 Å². The molecule has 0 saturated carbocycles. The molecule has 0 aromatic heterocycles. The third-order valence-electron chi connectivity index (χ3n) is 12.6. The number of carbonyl (C=O) groups excluding carboxylic acids is 8. The lowest BCUT2D eigenvalue weighted by Crippen LogP contribution is -2.52. The molecule has 4 saturated heterocycles. The molecule has 0 aromatic rings. The van der Waals surface area contributed by atoms with E-state index in [4.69, 9.17) is 37.9 Å². The van der Waals surface area contributed by atoms with Crippen molar-refractivity contribution in [1.82, 2.24) is 39.2 Å². The van der Waals surface area contributed by atoms with Gasteiger partial charge in [-0.3, -0.25) is 19.2 Å². The first-order valence-electron chi connectivity index (χ1n) is 27.3. The predicted molar refractivity (Wildman–Crippen MR) is 282 cm³/mol. The monoisotopic (exact) mass is 1100 g/mol. The quantitative estimate of drug-likeness (QED) is 0.124. The maximum Gasteiger partial charge on any atom is 0.410 e. The Hall–Kier alpha value is -5.20. The zero-order valence-electron chi connectivity index (χ0n) is 48.4. The van der Waals surface area contributed by atoms with Crippen molar-refractivity contribution >= 4 is 48.0 Å². The summed E-state index contributed by atoms with van der Waals surface area (Å²) in [6.45, 7) is 27.0. The summed E-state index contributed by atoms with van der Waals surface area (Å²) in [7, 11) is 0. The van der Waals surface area contributed by atoms with Gasteiger partial charge in [0.2, 0.25) is 23.6 Å². The number of amides is 8. The van der Waals surface area contributed by atoms with E-state index in [-0.39, 0.29) is 102 Å². The second-order valence-electron chi connectivity index (χ2n) is 24.1. The van der Waals surface area contributed by atoms with Gasteiger partial charge in [-0.1, -0.05) is 0 Å². The van der Waals surface area contributed by atoms with Crippen LogP contribution in [-0.4, -0.2) is 267 Å². The maximum absolute atomic E-state index is 13.4. The van der Waals surface area contributed by atoms with Crippen LogP contribution in [0.1, 0.15) is 109 Å². The third kappa shape index (κ3) is 23.7. The summed E-state index contributed by atoms with van der Waals surface area (Å²) >= 11 is 0. The molecule has 4 heterocycles. The van der Waals surface area contributed by atoms with Gasteiger partial charge in [0, 0.05) is 105 Å². The van der Waals surface area contributed by atoms with Crippen LogP contribution < -0.4 is 0 Å². The van der Waals surface area contributed by atoms with Gasteiger partial charge in [-0.25, -0.2) is 19.2 Å². The second-order valence-corrected chi connectivity index (χ2v) is 24.1. The van der Waals surface area contributed by atoms with E-state index < -0.39 is 52.2 Å². The van der Waals surface area contributed by atoms with Crippen molar-refractivity contribution < 1.29 is 76.3 Å². The van der Waals surface area contributed by atoms with Crippen molar-refractivity contribution in [3.05, 3.63) is 0 Å². The van der Waals surface area contributed by atoms with Gasteiger partial charge in [-0.2, -0.15) is 0 Å². The molecular formula is C53H92N8O16. The zero-order chi connectivity index (χ0) is 57.2. The SMILES string of the molecule is CC(C)(C)OC(=O)N1CCN(C(=O)CCOCC(COCCC(=O)N2CCN(C(=O)OC(C)(C)C)CC2)(COCCC(=O)N2CCN(C(=O)OC(C)(C)C)CC2)COCCC(=O)N2CCN(C(=O)OC(C)(C)C)CC2)CC1. The van der Waals surface area contributed by atoms with Crippen molar-refractivity contribution in [2.24, 2.45) is 5.41 Å². The van der Waals surface area contributed by atoms with Crippen LogP contribution in [0.15, 0.2) is 0 Å². The predicted octanol–water partition coefficient (Wildman–Crippen LogP) is 3.92. The summed E-state index contributed by atoms with van der Waals surface area (Å²) in [5.74, 6) is -0.594. The third-order valence-corrected chi connectivity index (χ3v) is 12.6. The summed E-state index contributed by atoms with van der Waals surface area (Å²) < 4.78 is 47.0. The van der Waals surface area contributed by atoms with Crippen LogP contribution in [0.4, 0.5) is 19.2 Å². The van der Waals surface area contributed by atoms with E-state index in [1.807, 2.05) is 0 Å². The van der Waals surface area contributed by atoms with E-state index in [0.29, 0.717) is 105 Å². The molecule has 24 heteroatoms. The first-order valence-corrected chi connectivity index (χ1v) is 27.3. The summed E-state index contributed by atoms with van der Waals surface area (Å²) in [6, 6.07) is 0. The van der Waals surface area contributed by atoms with Gasteiger partial charge < -0.3 is 77.1 Å². The molecule has 8 amide bonds. The van der Waals surface area contributed by atoms with Crippen LogP contribution in [0, 0.1) is 5.41 Å². The van der Waals surface area contributed by atoms with Crippen LogP contribution >= 0.6 is 0 Å². The fraction of sp³-hybridized carbons (Fsp3) is 0.849. The highest BCUT2D eigenvalue weighted by atomic mass is 16.6. The average molecular weight is 1100 g/mol. The molecule has 0 N–H and O–H groups in total. The molecule has 4 aliphatic rings. The van der Waals surface area contributed by atoms with Crippen molar-refractivity contribution in [2.75, 3.05) is 158 Å². The minimum Gasteiger partial charge on any atom is -0.444 e. The fourth-order valence-electron chi connectivity index (χ4n) is 8.53. The lowest BCUT2D eigenvalue weighted by atomic mass is 9.92. The minimum absolute atomic E-state index is 0.0194. The molecule has 0 unspecified atom stereocenters. The smallest absolute Gasteiger partial charge is 0.410 e. The molecule has 0 spiro atoms. The number of carbonyl (C=O) groups is 8. The number of piperazine rings is 4. The van der Waals surface area contributed by atoms with Crippen LogP contribution in [0.5, 0.6) is 0 Å². The molecule has 4 rings (SSSR count). The molecule has 77 heavy (non-hydrogen) atoms. The number of ether oxygens (including phenoxy) is 8. The average Bonchev–Trinajstić information content (AvgIpc) is 3.34. The Morgan fingerprint density at radius 2 is 0.429 bits per heavy atom. The molecule has 24 nitrogen and oxygen atoms in total. The maximum atomic E-state index is 13.4. The van der Waals surface area contributed by atoms with E-state index >= 15 is 0 Å². The van der Waals surface area contributed by atoms with Gasteiger partial charge in [0.05, 0.1) is 84.0 Å². The largest absolute Gasteiger partial charge is 0.444 e. The Labute approximate surface area is 456 Å². The van der Waals surface area contributed by atoms with E-state index in [0.717, 1.165) is 0 Å². The molecular weight excluding hydrogens is 1000 g/mol. The van der Waals surface area contributed by atoms with Gasteiger partial charge >= 0.3 is 24.4 Å². The molecule has 4 aliphatic heterocycles. The highest BCUT2D eigenvalue weighted by molar-refractivity contribution is 5.79. The first-order chi connectivity index (χ1) is 35.9. The van der Waals surface area contributed by atoms with Gasteiger partial charge in [-0.05, 0) is 83.1 Å². The number of hydrogen-bond acceptors (Lipinski definition) is 16. The van der Waals surface area contributed by atoms with Crippen LogP contribution in [0.25, 0.3) is 0 Å². The summed E-state index contributed by atoms with van der Waals surface area (Å²) in [6.07, 6.45) is -1.52. The van der Waals surface area contributed by atoms with Crippen molar-refractivity contribution in [2.45, 2.75) is 131 Å². The van der Waals surface area contributed by atoms with Gasteiger partial charge in [-0.15, -0.1) is 0 Å². The second kappa shape index (κ2) is 29.1. The normalized spacial score (nSPS) is 17.3.